The van der Waals surface area contributed by atoms with E-state index in [-0.39, 0.29) is 10.2 Å². The van der Waals surface area contributed by atoms with Gasteiger partial charge in [-0.3, -0.25) is 10.9 Å². The van der Waals surface area contributed by atoms with Crippen LogP contribution < -0.4 is 22.3 Å². The van der Waals surface area contributed by atoms with Gasteiger partial charge in [-0.25, -0.2) is 0 Å². The summed E-state index contributed by atoms with van der Waals surface area (Å²) in [4.78, 5) is 0. The molecular weight excluding hydrogens is 304 g/mol. The Labute approximate surface area is 132 Å². The molecule has 110 valence electrons. The van der Waals surface area contributed by atoms with E-state index in [1.54, 1.807) is 0 Å². The van der Waals surface area contributed by atoms with Gasteiger partial charge in [0.15, 0.2) is 10.2 Å². The molecule has 6 nitrogen and oxygen atoms in total. The highest BCUT2D eigenvalue weighted by molar-refractivity contribution is 7.80. The molecule has 2 bridgehead atoms. The number of hydrogen-bond donors (Lipinski definition) is 4. The van der Waals surface area contributed by atoms with E-state index in [9.17, 15) is 0 Å². The third-order valence-corrected chi connectivity index (χ3v) is 6.64. The molecule has 21 heavy (non-hydrogen) atoms. The average molecular weight is 320 g/mol. The van der Waals surface area contributed by atoms with E-state index in [1.165, 1.54) is 17.8 Å². The molecule has 0 spiro atoms. The van der Waals surface area contributed by atoms with Crippen molar-refractivity contribution in [3.05, 3.63) is 0 Å². The van der Waals surface area contributed by atoms with Crippen LogP contribution in [0.15, 0.2) is 10.2 Å². The van der Waals surface area contributed by atoms with Crippen LogP contribution in [0.25, 0.3) is 0 Å². The van der Waals surface area contributed by atoms with Crippen molar-refractivity contribution in [2.45, 2.75) is 6.42 Å². The van der Waals surface area contributed by atoms with E-state index >= 15 is 0 Å². The third kappa shape index (κ3) is 1.25. The molecule has 5 aliphatic rings. The van der Waals surface area contributed by atoms with Crippen LogP contribution in [0.3, 0.4) is 0 Å². The molecule has 8 heteroatoms. The summed E-state index contributed by atoms with van der Waals surface area (Å²) in [6.45, 7) is 0. The van der Waals surface area contributed by atoms with E-state index in [2.05, 4.69) is 21.1 Å². The summed E-state index contributed by atoms with van der Waals surface area (Å²) in [6.07, 6.45) is 1.33. The fraction of sp³-hybridized carbons (Fsp3) is 0.692. The largest absolute Gasteiger partial charge is 0.375 e. The molecule has 0 aromatic carbocycles. The van der Waals surface area contributed by atoms with Crippen molar-refractivity contribution in [1.82, 2.24) is 10.9 Å². The lowest BCUT2D eigenvalue weighted by Crippen LogP contribution is -2.49. The van der Waals surface area contributed by atoms with Crippen molar-refractivity contribution < 1.29 is 0 Å². The first-order valence-corrected chi connectivity index (χ1v) is 8.17. The molecule has 5 saturated carbocycles. The van der Waals surface area contributed by atoms with Crippen LogP contribution in [0.1, 0.15) is 6.42 Å². The van der Waals surface area contributed by atoms with Gasteiger partial charge in [0.25, 0.3) is 0 Å². The normalized spacial score (nSPS) is 53.5. The summed E-state index contributed by atoms with van der Waals surface area (Å²) < 4.78 is 0. The Morgan fingerprint density at radius 2 is 1.29 bits per heavy atom. The van der Waals surface area contributed by atoms with Gasteiger partial charge in [-0.05, 0) is 54.5 Å². The first-order valence-electron chi connectivity index (χ1n) is 7.35. The molecular formula is C13H16N6S2. The van der Waals surface area contributed by atoms with E-state index in [0.29, 0.717) is 23.7 Å². The van der Waals surface area contributed by atoms with Crippen LogP contribution in [0.2, 0.25) is 0 Å². The molecule has 0 heterocycles. The smallest absolute Gasteiger partial charge is 0.184 e. The second kappa shape index (κ2) is 3.73. The van der Waals surface area contributed by atoms with Gasteiger partial charge in [-0.15, -0.1) is 0 Å². The first kappa shape index (κ1) is 12.3. The molecule has 8 atom stereocenters. The van der Waals surface area contributed by atoms with Crippen LogP contribution >= 0.6 is 24.4 Å². The third-order valence-electron chi connectivity index (χ3n) is 6.46. The molecule has 6 N–H and O–H groups in total. The monoisotopic (exact) mass is 320 g/mol. The number of thiocarbonyl (C=S) groups is 2. The van der Waals surface area contributed by atoms with Gasteiger partial charge >= 0.3 is 0 Å². The summed E-state index contributed by atoms with van der Waals surface area (Å²) in [6, 6.07) is 0. The van der Waals surface area contributed by atoms with Crippen molar-refractivity contribution in [3.63, 3.8) is 0 Å². The van der Waals surface area contributed by atoms with E-state index in [0.717, 1.165) is 23.7 Å². The summed E-state index contributed by atoms with van der Waals surface area (Å²) in [5, 5.41) is 9.57. The number of fused-ring (bicyclic) bond motifs is 2. The quantitative estimate of drug-likeness (QED) is 0.414. The molecule has 0 aliphatic heterocycles. The molecule has 0 unspecified atom stereocenters. The maximum absolute atomic E-state index is 5.52. The molecule has 0 radical (unpaired) electrons. The molecule has 0 amide bonds. The van der Waals surface area contributed by atoms with Crippen molar-refractivity contribution in [3.8, 4) is 0 Å². The van der Waals surface area contributed by atoms with Gasteiger partial charge in [0.05, 0.1) is 0 Å². The highest BCUT2D eigenvalue weighted by Gasteiger charge is 2.82. The molecule has 5 fully saturated rings. The minimum Gasteiger partial charge on any atom is -0.375 e. The van der Waals surface area contributed by atoms with Gasteiger partial charge in [0, 0.05) is 35.1 Å². The second-order valence-corrected chi connectivity index (χ2v) is 7.73. The number of hydrazone groups is 2. The molecule has 0 aromatic heterocycles. The Morgan fingerprint density at radius 3 is 1.67 bits per heavy atom. The van der Waals surface area contributed by atoms with Gasteiger partial charge in [0.2, 0.25) is 0 Å². The lowest BCUT2D eigenvalue weighted by Gasteiger charge is -2.44. The summed E-state index contributed by atoms with van der Waals surface area (Å²) >= 11 is 9.75. The van der Waals surface area contributed by atoms with Crippen molar-refractivity contribution in [1.29, 1.82) is 0 Å². The van der Waals surface area contributed by atoms with Crippen LogP contribution in [0.5, 0.6) is 0 Å². The van der Waals surface area contributed by atoms with E-state index in [4.69, 9.17) is 35.9 Å². The van der Waals surface area contributed by atoms with Crippen LogP contribution in [0, 0.1) is 47.3 Å². The zero-order chi connectivity index (χ0) is 14.5. The van der Waals surface area contributed by atoms with Gasteiger partial charge in [-0.2, -0.15) is 10.2 Å². The first-order chi connectivity index (χ1) is 10.1. The van der Waals surface area contributed by atoms with Crippen molar-refractivity contribution in [2.24, 2.45) is 69.0 Å². The maximum atomic E-state index is 5.52. The zero-order valence-corrected chi connectivity index (χ0v) is 12.8. The number of hydrogen-bond acceptors (Lipinski definition) is 4. The SMILES string of the molecule is NC(=S)N/N=C1/[C@@H]2[C@@H]3C[C@H]4[C@@H]2/C(=N/NC(N)=S)[C@H]2[C@@H]1[C@H]3[C@H]42. The Balaban J connectivity index is 1.54. The minimum absolute atomic E-state index is 0.241. The number of nitrogens with one attached hydrogen (secondary N) is 2. The Bertz CT molecular complexity index is 585. The predicted octanol–water partition coefficient (Wildman–Crippen LogP) is -0.248. The highest BCUT2D eigenvalue weighted by atomic mass is 32.1. The minimum atomic E-state index is 0.241. The lowest BCUT2D eigenvalue weighted by molar-refractivity contribution is 0.0654. The van der Waals surface area contributed by atoms with Gasteiger partial charge in [0.1, 0.15) is 0 Å². The van der Waals surface area contributed by atoms with Crippen LogP contribution in [-0.2, 0) is 0 Å². The molecule has 0 saturated heterocycles. The predicted molar refractivity (Wildman–Crippen MR) is 87.2 cm³/mol. The van der Waals surface area contributed by atoms with Gasteiger partial charge < -0.3 is 11.5 Å². The zero-order valence-electron chi connectivity index (χ0n) is 11.2. The molecule has 0 aromatic rings. The van der Waals surface area contributed by atoms with E-state index < -0.39 is 0 Å². The lowest BCUT2D eigenvalue weighted by atomic mass is 9.59. The Hall–Kier alpha value is -1.28. The second-order valence-electron chi connectivity index (χ2n) is 6.85. The maximum Gasteiger partial charge on any atom is 0.184 e. The van der Waals surface area contributed by atoms with Gasteiger partial charge in [-0.1, -0.05) is 0 Å². The summed E-state index contributed by atoms with van der Waals surface area (Å²) in [5.74, 6) is 5.30. The van der Waals surface area contributed by atoms with Crippen LogP contribution in [-0.4, -0.2) is 21.6 Å². The summed E-state index contributed by atoms with van der Waals surface area (Å²) in [7, 11) is 0. The van der Waals surface area contributed by atoms with Crippen molar-refractivity contribution in [2.75, 3.05) is 0 Å². The summed E-state index contributed by atoms with van der Waals surface area (Å²) in [5.41, 5.74) is 19.2. The van der Waals surface area contributed by atoms with E-state index in [1.807, 2.05) is 0 Å². The Kier molecular flexibility index (Phi) is 2.18. The average Bonchev–Trinajstić information content (AvgIpc) is 2.91. The number of nitrogens with two attached hydrogens (primary N) is 2. The number of nitrogens with zero attached hydrogens (tertiary/aromatic N) is 2. The number of rotatable bonds is 2. The fourth-order valence-corrected chi connectivity index (χ4v) is 6.49. The molecule has 5 rings (SSSR count). The topological polar surface area (TPSA) is 101 Å². The highest BCUT2D eigenvalue weighted by Crippen LogP contribution is 2.80. The molecule has 5 aliphatic carbocycles. The van der Waals surface area contributed by atoms with Crippen LogP contribution in [0.4, 0.5) is 0 Å². The Morgan fingerprint density at radius 1 is 0.857 bits per heavy atom. The standard InChI is InChI=1S/C13H16N6S2/c14-12(20)18-16-10-6-2-1-3-5-4(2)8(10)9(5)11(7(3)6)17-19-13(15)21/h2-9H,1H2,(H3,14,18,20)(H3,15,19,21)/b16-10-,17-11-/t2-,3-,4-,5+,6-,7+,8+,9-/m1/s1. The fourth-order valence-electron chi connectivity index (χ4n) is 6.40. The van der Waals surface area contributed by atoms with Crippen molar-refractivity contribution >= 4 is 46.1 Å².